The number of tetrazole rings is 1. The van der Waals surface area contributed by atoms with Crippen molar-refractivity contribution in [2.45, 2.75) is 37.6 Å². The molecule has 2 aromatic carbocycles. The molecule has 2 aromatic heterocycles. The van der Waals surface area contributed by atoms with Gasteiger partial charge < -0.3 is 10.1 Å². The van der Waals surface area contributed by atoms with Gasteiger partial charge in [0.25, 0.3) is 0 Å². The Bertz CT molecular complexity index is 1250. The Morgan fingerprint density at radius 2 is 2.00 bits per heavy atom. The van der Waals surface area contributed by atoms with Gasteiger partial charge in [-0.05, 0) is 42.3 Å². The molecule has 1 N–H and O–H groups in total. The van der Waals surface area contributed by atoms with Crippen LogP contribution in [0.2, 0.25) is 0 Å². The molecule has 0 bridgehead atoms. The molecular formula is C24H25N7O2S. The van der Waals surface area contributed by atoms with Gasteiger partial charge in [-0.1, -0.05) is 59.8 Å². The fourth-order valence-corrected chi connectivity index (χ4v) is 4.49. The highest BCUT2D eigenvalue weighted by molar-refractivity contribution is 7.99. The number of aryl methyl sites for hydroxylation is 1. The Morgan fingerprint density at radius 3 is 2.76 bits per heavy atom. The van der Waals surface area contributed by atoms with Crippen LogP contribution < -0.4 is 5.32 Å². The van der Waals surface area contributed by atoms with Crippen molar-refractivity contribution >= 4 is 23.5 Å². The summed E-state index contributed by atoms with van der Waals surface area (Å²) in [6.07, 6.45) is 2.17. The largest absolute Gasteiger partial charge is 0.376 e. The normalized spacial score (nSPS) is 15.5. The van der Waals surface area contributed by atoms with Crippen LogP contribution in [0.1, 0.15) is 18.4 Å². The van der Waals surface area contributed by atoms with Gasteiger partial charge in [0.05, 0.1) is 29.8 Å². The molecular weight excluding hydrogens is 450 g/mol. The fraction of sp³-hybridized carbons (Fsp3) is 0.292. The number of benzene rings is 2. The van der Waals surface area contributed by atoms with Crippen LogP contribution in [0.25, 0.3) is 16.9 Å². The Balaban J connectivity index is 1.31. The van der Waals surface area contributed by atoms with Crippen LogP contribution in [0, 0.1) is 6.92 Å². The Labute approximate surface area is 201 Å². The second-order valence-corrected chi connectivity index (χ2v) is 9.09. The number of para-hydroxylation sites is 1. The van der Waals surface area contributed by atoms with Crippen molar-refractivity contribution in [1.29, 1.82) is 0 Å². The number of amides is 1. The van der Waals surface area contributed by atoms with E-state index in [0.717, 1.165) is 36.4 Å². The molecule has 3 heterocycles. The summed E-state index contributed by atoms with van der Waals surface area (Å²) in [5.41, 5.74) is 3.81. The number of thioether (sulfide) groups is 1. The van der Waals surface area contributed by atoms with Crippen LogP contribution in [-0.4, -0.2) is 54.4 Å². The van der Waals surface area contributed by atoms with Gasteiger partial charge >= 0.3 is 0 Å². The number of hydrogen-bond donors (Lipinski definition) is 1. The predicted octanol–water partition coefficient (Wildman–Crippen LogP) is 3.74. The highest BCUT2D eigenvalue weighted by Gasteiger charge is 2.20. The molecule has 1 atom stereocenters. The molecule has 0 unspecified atom stereocenters. The van der Waals surface area contributed by atoms with Crippen LogP contribution in [-0.2, 0) is 16.1 Å². The minimum absolute atomic E-state index is 0.122. The minimum atomic E-state index is -0.163. The van der Waals surface area contributed by atoms with Crippen LogP contribution >= 0.6 is 11.8 Å². The van der Waals surface area contributed by atoms with Gasteiger partial charge in [-0.3, -0.25) is 4.79 Å². The van der Waals surface area contributed by atoms with Crippen LogP contribution in [0.4, 0.5) is 5.82 Å². The summed E-state index contributed by atoms with van der Waals surface area (Å²) in [6.45, 7) is 3.42. The Morgan fingerprint density at radius 1 is 1.18 bits per heavy atom. The van der Waals surface area contributed by atoms with Gasteiger partial charge in [0, 0.05) is 18.2 Å². The van der Waals surface area contributed by atoms with E-state index < -0.39 is 0 Å². The second-order valence-electron chi connectivity index (χ2n) is 8.14. The molecule has 0 saturated carbocycles. The zero-order valence-corrected chi connectivity index (χ0v) is 19.6. The lowest BCUT2D eigenvalue weighted by Crippen LogP contribution is -2.19. The first-order chi connectivity index (χ1) is 16.7. The molecule has 0 radical (unpaired) electrons. The SMILES string of the molecule is Cc1ccc(-c2cc(NC(=O)CSc3nnnn3C[C@H]3CCCO3)n(-c3ccccc3)n2)cc1. The lowest BCUT2D eigenvalue weighted by molar-refractivity contribution is -0.113. The van der Waals surface area contributed by atoms with E-state index in [1.165, 1.54) is 17.3 Å². The van der Waals surface area contributed by atoms with Crippen LogP contribution in [0.15, 0.2) is 65.8 Å². The average Bonchev–Trinajstić information content (AvgIpc) is 3.61. The topological polar surface area (TPSA) is 99.8 Å². The third-order valence-electron chi connectivity index (χ3n) is 5.56. The number of rotatable bonds is 8. The number of carbonyl (C=O) groups is 1. The maximum absolute atomic E-state index is 12.9. The summed E-state index contributed by atoms with van der Waals surface area (Å²) in [5.74, 6) is 0.613. The molecule has 0 spiro atoms. The zero-order valence-electron chi connectivity index (χ0n) is 18.8. The van der Waals surface area contributed by atoms with E-state index in [1.54, 1.807) is 9.36 Å². The Kier molecular flexibility index (Phi) is 6.68. The molecule has 1 aliphatic heterocycles. The molecule has 34 heavy (non-hydrogen) atoms. The molecule has 9 nitrogen and oxygen atoms in total. The van der Waals surface area contributed by atoms with Crippen molar-refractivity contribution in [2.75, 3.05) is 17.7 Å². The molecule has 4 aromatic rings. The first kappa shape index (κ1) is 22.3. The summed E-state index contributed by atoms with van der Waals surface area (Å²) in [4.78, 5) is 12.9. The highest BCUT2D eigenvalue weighted by Crippen LogP contribution is 2.26. The van der Waals surface area contributed by atoms with Gasteiger partial charge in [0.15, 0.2) is 0 Å². The zero-order chi connectivity index (χ0) is 23.3. The van der Waals surface area contributed by atoms with Crippen molar-refractivity contribution in [3.05, 3.63) is 66.2 Å². The quantitative estimate of drug-likeness (QED) is 0.388. The lowest BCUT2D eigenvalue weighted by atomic mass is 10.1. The van der Waals surface area contributed by atoms with E-state index in [9.17, 15) is 4.79 Å². The number of aromatic nitrogens is 6. The number of anilines is 1. The second kappa shape index (κ2) is 10.2. The molecule has 5 rings (SSSR count). The van der Waals surface area contributed by atoms with E-state index in [4.69, 9.17) is 9.84 Å². The summed E-state index contributed by atoms with van der Waals surface area (Å²) in [5, 5.41) is 20.2. The summed E-state index contributed by atoms with van der Waals surface area (Å²) in [6, 6.07) is 19.8. The minimum Gasteiger partial charge on any atom is -0.376 e. The third kappa shape index (κ3) is 5.18. The molecule has 1 aliphatic rings. The van der Waals surface area contributed by atoms with Gasteiger partial charge in [-0.2, -0.15) is 5.10 Å². The van der Waals surface area contributed by atoms with Crippen molar-refractivity contribution in [1.82, 2.24) is 30.0 Å². The molecule has 10 heteroatoms. The van der Waals surface area contributed by atoms with Crippen LogP contribution in [0.5, 0.6) is 0 Å². The van der Waals surface area contributed by atoms with Gasteiger partial charge in [-0.15, -0.1) is 5.10 Å². The van der Waals surface area contributed by atoms with Crippen molar-refractivity contribution in [3.8, 4) is 16.9 Å². The number of carbonyl (C=O) groups excluding carboxylic acids is 1. The predicted molar refractivity (Wildman–Crippen MR) is 130 cm³/mol. The lowest BCUT2D eigenvalue weighted by Gasteiger charge is -2.10. The number of nitrogens with one attached hydrogen (secondary N) is 1. The Hall–Kier alpha value is -3.50. The maximum Gasteiger partial charge on any atom is 0.236 e. The summed E-state index contributed by atoms with van der Waals surface area (Å²) in [7, 11) is 0. The third-order valence-corrected chi connectivity index (χ3v) is 6.51. The maximum atomic E-state index is 12.9. The first-order valence-corrected chi connectivity index (χ1v) is 12.2. The summed E-state index contributed by atoms with van der Waals surface area (Å²) < 4.78 is 9.13. The monoisotopic (exact) mass is 475 g/mol. The van der Waals surface area contributed by atoms with Crippen molar-refractivity contribution in [3.63, 3.8) is 0 Å². The summed E-state index contributed by atoms with van der Waals surface area (Å²) >= 11 is 1.30. The standard InChI is InChI=1S/C24H25N7O2S/c1-17-9-11-18(12-10-17)21-14-22(31(27-21)19-6-3-2-4-7-19)25-23(32)16-34-24-26-28-29-30(24)15-20-8-5-13-33-20/h2-4,6-7,9-12,14,20H,5,8,13,15-16H2,1H3,(H,25,32)/t20-/m1/s1. The van der Waals surface area contributed by atoms with E-state index in [2.05, 4.69) is 20.8 Å². The molecule has 0 aliphatic carbocycles. The van der Waals surface area contributed by atoms with Crippen molar-refractivity contribution in [2.24, 2.45) is 0 Å². The average molecular weight is 476 g/mol. The van der Waals surface area contributed by atoms with Gasteiger partial charge in [0.2, 0.25) is 11.1 Å². The molecule has 174 valence electrons. The van der Waals surface area contributed by atoms with E-state index in [-0.39, 0.29) is 17.8 Å². The molecule has 1 amide bonds. The van der Waals surface area contributed by atoms with E-state index >= 15 is 0 Å². The molecule has 1 fully saturated rings. The molecule has 1 saturated heterocycles. The smallest absolute Gasteiger partial charge is 0.236 e. The number of hydrogen-bond acceptors (Lipinski definition) is 7. The number of ether oxygens (including phenoxy) is 1. The van der Waals surface area contributed by atoms with Gasteiger partial charge in [0.1, 0.15) is 5.82 Å². The fourth-order valence-electron chi connectivity index (χ4n) is 3.81. The van der Waals surface area contributed by atoms with Crippen LogP contribution in [0.3, 0.4) is 0 Å². The van der Waals surface area contributed by atoms with Crippen molar-refractivity contribution < 1.29 is 9.53 Å². The van der Waals surface area contributed by atoms with Gasteiger partial charge in [-0.25, -0.2) is 9.36 Å². The number of nitrogens with zero attached hydrogens (tertiary/aromatic N) is 6. The first-order valence-electron chi connectivity index (χ1n) is 11.2. The van der Waals surface area contributed by atoms with E-state index in [0.29, 0.717) is 17.5 Å². The van der Waals surface area contributed by atoms with E-state index in [1.807, 2.05) is 67.6 Å². The highest BCUT2D eigenvalue weighted by atomic mass is 32.2.